The number of carbonyl (C=O) groups excluding carboxylic acids is 1. The summed E-state index contributed by atoms with van der Waals surface area (Å²) in [6.07, 6.45) is 3.54. The first-order chi connectivity index (χ1) is 16.1. The van der Waals surface area contributed by atoms with Crippen molar-refractivity contribution in [2.24, 2.45) is 5.92 Å². The van der Waals surface area contributed by atoms with E-state index in [1.165, 1.54) is 29.9 Å². The van der Waals surface area contributed by atoms with Crippen molar-refractivity contribution in [1.82, 2.24) is 5.32 Å². The Kier molecular flexibility index (Phi) is 8.47. The summed E-state index contributed by atoms with van der Waals surface area (Å²) in [6, 6.07) is 15.0. The molecular formula is C26H37N3O4S. The van der Waals surface area contributed by atoms with Crippen molar-refractivity contribution in [3.05, 3.63) is 54.1 Å². The molecule has 3 atom stereocenters. The maximum atomic E-state index is 12.9. The van der Waals surface area contributed by atoms with Crippen LogP contribution < -0.4 is 19.3 Å². The Labute approximate surface area is 204 Å². The number of ether oxygens (including phenoxy) is 1. The number of carbonyl (C=O) groups is 1. The van der Waals surface area contributed by atoms with E-state index in [1.54, 1.807) is 24.3 Å². The minimum absolute atomic E-state index is 0.148. The van der Waals surface area contributed by atoms with Crippen LogP contribution in [-0.4, -0.2) is 46.8 Å². The molecule has 1 heterocycles. The van der Waals surface area contributed by atoms with E-state index >= 15 is 0 Å². The first kappa shape index (κ1) is 25.9. The second kappa shape index (κ2) is 11.1. The van der Waals surface area contributed by atoms with Gasteiger partial charge in [-0.2, -0.15) is 0 Å². The van der Waals surface area contributed by atoms with Crippen molar-refractivity contribution in [3.8, 4) is 5.75 Å². The molecule has 1 aliphatic heterocycles. The van der Waals surface area contributed by atoms with Gasteiger partial charge >= 0.3 is 0 Å². The first-order valence-corrected chi connectivity index (χ1v) is 13.8. The van der Waals surface area contributed by atoms with Gasteiger partial charge < -0.3 is 15.0 Å². The summed E-state index contributed by atoms with van der Waals surface area (Å²) in [5, 5.41) is 3.06. The summed E-state index contributed by atoms with van der Waals surface area (Å²) in [7, 11) is -1.84. The zero-order valence-electron chi connectivity index (χ0n) is 20.8. The smallest absolute Gasteiger partial charge is 0.261 e. The molecule has 1 fully saturated rings. The van der Waals surface area contributed by atoms with Crippen LogP contribution >= 0.6 is 0 Å². The Hall–Kier alpha value is -2.74. The van der Waals surface area contributed by atoms with Gasteiger partial charge in [0.15, 0.2) is 6.10 Å². The highest BCUT2D eigenvalue weighted by atomic mass is 32.2. The third kappa shape index (κ3) is 6.65. The molecule has 1 amide bonds. The van der Waals surface area contributed by atoms with Gasteiger partial charge in [0.05, 0.1) is 18.0 Å². The zero-order valence-corrected chi connectivity index (χ0v) is 21.6. The molecule has 1 aliphatic rings. The van der Waals surface area contributed by atoms with Gasteiger partial charge in [-0.25, -0.2) is 8.42 Å². The van der Waals surface area contributed by atoms with Crippen LogP contribution in [0.25, 0.3) is 0 Å². The highest BCUT2D eigenvalue weighted by molar-refractivity contribution is 7.92. The fourth-order valence-electron chi connectivity index (χ4n) is 4.20. The molecular weight excluding hydrogens is 450 g/mol. The largest absolute Gasteiger partial charge is 0.481 e. The number of nitrogens with one attached hydrogen (secondary N) is 1. The number of rotatable bonds is 9. The van der Waals surface area contributed by atoms with E-state index in [1.807, 2.05) is 13.8 Å². The van der Waals surface area contributed by atoms with Gasteiger partial charge in [-0.15, -0.1) is 0 Å². The lowest BCUT2D eigenvalue weighted by atomic mass is 9.99. The van der Waals surface area contributed by atoms with E-state index in [-0.39, 0.29) is 11.9 Å². The van der Waals surface area contributed by atoms with Crippen LogP contribution in [-0.2, 0) is 14.8 Å². The number of sulfonamides is 1. The fourth-order valence-corrected chi connectivity index (χ4v) is 4.70. The number of nitrogens with zero attached hydrogens (tertiary/aromatic N) is 2. The second-order valence-electron chi connectivity index (χ2n) is 9.25. The predicted octanol–water partition coefficient (Wildman–Crippen LogP) is 4.35. The topological polar surface area (TPSA) is 78.9 Å². The van der Waals surface area contributed by atoms with Crippen molar-refractivity contribution in [2.45, 2.75) is 52.2 Å². The van der Waals surface area contributed by atoms with E-state index in [4.69, 9.17) is 4.74 Å². The van der Waals surface area contributed by atoms with Crippen LogP contribution in [0.3, 0.4) is 0 Å². The monoisotopic (exact) mass is 487 g/mol. The fraction of sp³-hybridized carbons (Fsp3) is 0.500. The molecule has 0 radical (unpaired) electrons. The molecule has 2 aromatic rings. The van der Waals surface area contributed by atoms with Crippen LogP contribution in [0.15, 0.2) is 48.5 Å². The number of piperidine rings is 1. The Balaban J connectivity index is 1.59. The molecule has 3 rings (SSSR count). The van der Waals surface area contributed by atoms with Gasteiger partial charge in [-0.3, -0.25) is 9.10 Å². The zero-order chi connectivity index (χ0) is 24.9. The van der Waals surface area contributed by atoms with E-state index in [0.29, 0.717) is 17.9 Å². The molecule has 0 bridgehead atoms. The Morgan fingerprint density at radius 3 is 2.38 bits per heavy atom. The molecule has 34 heavy (non-hydrogen) atoms. The van der Waals surface area contributed by atoms with Crippen molar-refractivity contribution in [3.63, 3.8) is 0 Å². The van der Waals surface area contributed by atoms with Gasteiger partial charge in [-0.1, -0.05) is 26.0 Å². The summed E-state index contributed by atoms with van der Waals surface area (Å²) in [6.45, 7) is 8.35. The molecule has 0 aromatic heterocycles. The molecule has 8 heteroatoms. The van der Waals surface area contributed by atoms with Crippen molar-refractivity contribution < 1.29 is 17.9 Å². The van der Waals surface area contributed by atoms with E-state index < -0.39 is 16.1 Å². The van der Waals surface area contributed by atoms with Crippen molar-refractivity contribution in [1.29, 1.82) is 0 Å². The lowest BCUT2D eigenvalue weighted by Crippen LogP contribution is -2.39. The van der Waals surface area contributed by atoms with Gasteiger partial charge in [0.1, 0.15) is 5.75 Å². The standard InChI is InChI=1S/C26H37N3O4S/c1-6-25(33-24-15-13-22(14-16-24)28(4)34(5,31)32)26(30)27-20(3)21-9-11-23(12-10-21)29-17-7-8-19(2)18-29/h9-16,19-20,25H,6-8,17-18H2,1-5H3,(H,27,30)/t19-,20+,25-/m0/s1. The molecule has 186 valence electrons. The average Bonchev–Trinajstić information content (AvgIpc) is 2.82. The lowest BCUT2D eigenvalue weighted by molar-refractivity contribution is -0.128. The van der Waals surface area contributed by atoms with Crippen LogP contribution in [0.4, 0.5) is 11.4 Å². The molecule has 7 nitrogen and oxygen atoms in total. The summed E-state index contributed by atoms with van der Waals surface area (Å²) in [5.41, 5.74) is 2.81. The predicted molar refractivity (Wildman–Crippen MR) is 138 cm³/mol. The minimum Gasteiger partial charge on any atom is -0.481 e. The Bertz CT molecular complexity index is 1050. The van der Waals surface area contributed by atoms with Crippen LogP contribution in [0, 0.1) is 5.92 Å². The van der Waals surface area contributed by atoms with E-state index in [0.717, 1.165) is 30.8 Å². The van der Waals surface area contributed by atoms with Gasteiger partial charge in [0.25, 0.3) is 5.91 Å². The third-order valence-corrected chi connectivity index (χ3v) is 7.62. The third-order valence-electron chi connectivity index (χ3n) is 6.41. The average molecular weight is 488 g/mol. The maximum Gasteiger partial charge on any atom is 0.261 e. The molecule has 1 N–H and O–H groups in total. The highest BCUT2D eigenvalue weighted by Crippen LogP contribution is 2.25. The van der Waals surface area contributed by atoms with Gasteiger partial charge in [-0.05, 0) is 74.1 Å². The van der Waals surface area contributed by atoms with Crippen molar-refractivity contribution in [2.75, 3.05) is 35.6 Å². The molecule has 0 spiro atoms. The Morgan fingerprint density at radius 1 is 1.18 bits per heavy atom. The number of benzene rings is 2. The summed E-state index contributed by atoms with van der Waals surface area (Å²) < 4.78 is 30.5. The highest BCUT2D eigenvalue weighted by Gasteiger charge is 2.22. The number of amides is 1. The Morgan fingerprint density at radius 2 is 1.82 bits per heavy atom. The summed E-state index contributed by atoms with van der Waals surface area (Å²) >= 11 is 0. The van der Waals surface area contributed by atoms with Gasteiger partial charge in [0, 0.05) is 25.8 Å². The number of anilines is 2. The van der Waals surface area contributed by atoms with Gasteiger partial charge in [0.2, 0.25) is 10.0 Å². The maximum absolute atomic E-state index is 12.9. The molecule has 1 saturated heterocycles. The molecule has 2 aromatic carbocycles. The van der Waals surface area contributed by atoms with E-state index in [2.05, 4.69) is 41.4 Å². The number of hydrogen-bond acceptors (Lipinski definition) is 5. The molecule has 0 aliphatic carbocycles. The first-order valence-electron chi connectivity index (χ1n) is 11.9. The summed E-state index contributed by atoms with van der Waals surface area (Å²) in [4.78, 5) is 15.3. The van der Waals surface area contributed by atoms with E-state index in [9.17, 15) is 13.2 Å². The second-order valence-corrected chi connectivity index (χ2v) is 11.3. The molecule has 0 saturated carbocycles. The SMILES string of the molecule is CC[C@H](Oc1ccc(N(C)S(C)(=O)=O)cc1)C(=O)N[C@H](C)c1ccc(N2CCC[C@H](C)C2)cc1. The normalized spacial score (nSPS) is 18.1. The number of hydrogen-bond donors (Lipinski definition) is 1. The lowest BCUT2D eigenvalue weighted by Gasteiger charge is -2.33. The minimum atomic E-state index is -3.34. The van der Waals surface area contributed by atoms with Crippen molar-refractivity contribution >= 4 is 27.3 Å². The quantitative estimate of drug-likeness (QED) is 0.569. The molecule has 0 unspecified atom stereocenters. The van der Waals surface area contributed by atoms with Crippen LogP contribution in [0.1, 0.15) is 51.6 Å². The summed E-state index contributed by atoms with van der Waals surface area (Å²) in [5.74, 6) is 1.05. The van der Waals surface area contributed by atoms with Crippen LogP contribution in [0.5, 0.6) is 5.75 Å². The van der Waals surface area contributed by atoms with Crippen LogP contribution in [0.2, 0.25) is 0 Å².